The molecule has 0 bridgehead atoms. The van der Waals surface area contributed by atoms with E-state index >= 15 is 0 Å². The van der Waals surface area contributed by atoms with Gasteiger partial charge in [-0.3, -0.25) is 4.79 Å². The molecule has 106 valence electrons. The van der Waals surface area contributed by atoms with Crippen LogP contribution in [-0.2, 0) is 16.6 Å². The Labute approximate surface area is 116 Å². The van der Waals surface area contributed by atoms with Crippen molar-refractivity contribution in [3.63, 3.8) is 0 Å². The van der Waals surface area contributed by atoms with E-state index in [0.29, 0.717) is 5.75 Å². The molecule has 6 nitrogen and oxygen atoms in total. The van der Waals surface area contributed by atoms with Crippen LogP contribution in [0.2, 0.25) is 0 Å². The third-order valence-corrected chi connectivity index (χ3v) is 4.11. The lowest BCUT2D eigenvalue weighted by Crippen LogP contribution is -2.24. The summed E-state index contributed by atoms with van der Waals surface area (Å²) in [6.07, 6.45) is 1.16. The Kier molecular flexibility index (Phi) is 4.21. The molecule has 0 atom stereocenters. The highest BCUT2D eigenvalue weighted by molar-refractivity contribution is 7.89. The molecule has 0 aliphatic heterocycles. The van der Waals surface area contributed by atoms with Crippen LogP contribution in [-0.4, -0.2) is 20.5 Å². The zero-order valence-corrected chi connectivity index (χ0v) is 11.6. The summed E-state index contributed by atoms with van der Waals surface area (Å²) in [6, 6.07) is 9.55. The molecule has 7 heteroatoms. The minimum absolute atomic E-state index is 0.00648. The summed E-state index contributed by atoms with van der Waals surface area (Å²) >= 11 is 0. The minimum Gasteiger partial charge on any atom is -0.496 e. The van der Waals surface area contributed by atoms with E-state index in [1.54, 1.807) is 24.3 Å². The van der Waals surface area contributed by atoms with Crippen LogP contribution in [0.4, 0.5) is 0 Å². The average Bonchev–Trinajstić information content (AvgIpc) is 2.46. The maximum absolute atomic E-state index is 12.0. The van der Waals surface area contributed by atoms with Gasteiger partial charge in [0.2, 0.25) is 15.6 Å². The number of sulfonamides is 1. The zero-order chi connectivity index (χ0) is 14.6. The minimum atomic E-state index is -3.68. The van der Waals surface area contributed by atoms with Crippen molar-refractivity contribution in [3.8, 4) is 5.75 Å². The molecule has 0 fully saturated rings. The Morgan fingerprint density at radius 1 is 1.20 bits per heavy atom. The fourth-order valence-electron chi connectivity index (χ4n) is 1.67. The molecule has 0 aliphatic carbocycles. The lowest BCUT2D eigenvalue weighted by molar-refractivity contribution is 0.409. The second-order valence-electron chi connectivity index (χ2n) is 4.03. The van der Waals surface area contributed by atoms with Gasteiger partial charge in [0, 0.05) is 24.4 Å². The maximum atomic E-state index is 12.0. The highest BCUT2D eigenvalue weighted by Gasteiger charge is 2.14. The first-order chi connectivity index (χ1) is 9.53. The smallest absolute Gasteiger partial charge is 0.247 e. The van der Waals surface area contributed by atoms with E-state index in [1.165, 1.54) is 13.2 Å². The number of nitrogens with one attached hydrogen (secondary N) is 2. The van der Waals surface area contributed by atoms with E-state index in [1.807, 2.05) is 0 Å². The Morgan fingerprint density at radius 2 is 1.95 bits per heavy atom. The molecule has 1 aromatic heterocycles. The highest BCUT2D eigenvalue weighted by atomic mass is 32.2. The van der Waals surface area contributed by atoms with E-state index in [0.717, 1.165) is 17.8 Å². The topological polar surface area (TPSA) is 88.3 Å². The first-order valence-electron chi connectivity index (χ1n) is 5.83. The first kappa shape index (κ1) is 14.3. The number of benzene rings is 1. The van der Waals surface area contributed by atoms with Crippen molar-refractivity contribution >= 4 is 10.0 Å². The number of hydrogen-bond acceptors (Lipinski definition) is 4. The fourth-order valence-corrected chi connectivity index (χ4v) is 2.64. The summed E-state index contributed by atoms with van der Waals surface area (Å²) in [5.74, 6) is 0.608. The van der Waals surface area contributed by atoms with Gasteiger partial charge in [-0.1, -0.05) is 18.2 Å². The molecule has 0 saturated heterocycles. The van der Waals surface area contributed by atoms with Crippen LogP contribution in [0.15, 0.2) is 52.3 Å². The molecular weight excluding hydrogens is 280 g/mol. The molecule has 20 heavy (non-hydrogen) atoms. The van der Waals surface area contributed by atoms with Crippen LogP contribution in [0, 0.1) is 0 Å². The third kappa shape index (κ3) is 3.25. The number of pyridine rings is 1. The predicted octanol–water partition coefficient (Wildman–Crippen LogP) is 0.862. The highest BCUT2D eigenvalue weighted by Crippen LogP contribution is 2.17. The molecular formula is C13H14N2O4S. The first-order valence-corrected chi connectivity index (χ1v) is 7.31. The van der Waals surface area contributed by atoms with Crippen LogP contribution in [0.5, 0.6) is 5.75 Å². The quantitative estimate of drug-likeness (QED) is 0.856. The van der Waals surface area contributed by atoms with Crippen LogP contribution in [0.3, 0.4) is 0 Å². The van der Waals surface area contributed by atoms with Crippen LogP contribution < -0.4 is 15.0 Å². The van der Waals surface area contributed by atoms with Crippen molar-refractivity contribution in [2.45, 2.75) is 11.4 Å². The second-order valence-corrected chi connectivity index (χ2v) is 5.79. The van der Waals surface area contributed by atoms with Gasteiger partial charge >= 0.3 is 0 Å². The van der Waals surface area contributed by atoms with E-state index < -0.39 is 10.0 Å². The lowest BCUT2D eigenvalue weighted by atomic mass is 10.2. The van der Waals surface area contributed by atoms with Gasteiger partial charge in [0.25, 0.3) is 0 Å². The second kappa shape index (κ2) is 5.89. The number of hydrogen-bond donors (Lipinski definition) is 2. The number of rotatable bonds is 5. The molecule has 1 aromatic carbocycles. The van der Waals surface area contributed by atoms with E-state index in [9.17, 15) is 13.2 Å². The van der Waals surface area contributed by atoms with Crippen LogP contribution >= 0.6 is 0 Å². The standard InChI is InChI=1S/C13H14N2O4S/c1-19-12-5-3-2-4-10(12)8-15-20(17,18)11-6-7-13(16)14-9-11/h2-7,9,15H,8H2,1H3,(H,14,16). The normalized spacial score (nSPS) is 11.2. The monoisotopic (exact) mass is 294 g/mol. The average molecular weight is 294 g/mol. The number of H-pyrrole nitrogens is 1. The Bertz CT molecular complexity index is 732. The van der Waals surface area contributed by atoms with Crippen LogP contribution in [0.25, 0.3) is 0 Å². The Hall–Kier alpha value is -2.12. The number of ether oxygens (including phenoxy) is 1. The van der Waals surface area contributed by atoms with Crippen molar-refractivity contribution in [2.24, 2.45) is 0 Å². The van der Waals surface area contributed by atoms with Gasteiger partial charge in [-0.05, 0) is 12.1 Å². The van der Waals surface area contributed by atoms with Gasteiger partial charge in [-0.25, -0.2) is 13.1 Å². The lowest BCUT2D eigenvalue weighted by Gasteiger charge is -2.09. The largest absolute Gasteiger partial charge is 0.496 e. The summed E-state index contributed by atoms with van der Waals surface area (Å²) in [5, 5.41) is 0. The van der Waals surface area contributed by atoms with Gasteiger partial charge in [-0.15, -0.1) is 0 Å². The summed E-state index contributed by atoms with van der Waals surface area (Å²) in [6.45, 7) is 0.103. The summed E-state index contributed by atoms with van der Waals surface area (Å²) in [4.78, 5) is 13.3. The van der Waals surface area contributed by atoms with E-state index in [-0.39, 0.29) is 17.0 Å². The maximum Gasteiger partial charge on any atom is 0.247 e. The zero-order valence-electron chi connectivity index (χ0n) is 10.8. The van der Waals surface area contributed by atoms with Gasteiger partial charge in [-0.2, -0.15) is 0 Å². The Morgan fingerprint density at radius 3 is 2.60 bits per heavy atom. The summed E-state index contributed by atoms with van der Waals surface area (Å²) < 4.78 is 31.7. The molecule has 0 amide bonds. The molecule has 1 heterocycles. The Balaban J connectivity index is 2.17. The molecule has 2 N–H and O–H groups in total. The number of methoxy groups -OCH3 is 1. The SMILES string of the molecule is COc1ccccc1CNS(=O)(=O)c1ccc(=O)[nH]c1. The predicted molar refractivity (Wildman–Crippen MR) is 74.1 cm³/mol. The van der Waals surface area contributed by atoms with Gasteiger partial charge in [0.05, 0.1) is 12.0 Å². The van der Waals surface area contributed by atoms with Crippen LogP contribution in [0.1, 0.15) is 5.56 Å². The molecule has 0 unspecified atom stereocenters. The number of aromatic amines is 1. The number of para-hydroxylation sites is 1. The molecule has 0 aliphatic rings. The molecule has 0 saturated carbocycles. The van der Waals surface area contributed by atoms with Crippen molar-refractivity contribution in [2.75, 3.05) is 7.11 Å². The molecule has 0 radical (unpaired) electrons. The number of aromatic nitrogens is 1. The van der Waals surface area contributed by atoms with Crippen molar-refractivity contribution < 1.29 is 13.2 Å². The van der Waals surface area contributed by atoms with Gasteiger partial charge in [0.15, 0.2) is 0 Å². The van der Waals surface area contributed by atoms with Gasteiger partial charge in [0.1, 0.15) is 5.75 Å². The molecule has 2 rings (SSSR count). The molecule has 2 aromatic rings. The third-order valence-electron chi connectivity index (χ3n) is 2.71. The fraction of sp³-hybridized carbons (Fsp3) is 0.154. The van der Waals surface area contributed by atoms with E-state index in [4.69, 9.17) is 4.74 Å². The van der Waals surface area contributed by atoms with Gasteiger partial charge < -0.3 is 9.72 Å². The van der Waals surface area contributed by atoms with Crippen molar-refractivity contribution in [1.82, 2.24) is 9.71 Å². The van der Waals surface area contributed by atoms with Crippen molar-refractivity contribution in [3.05, 3.63) is 58.5 Å². The summed E-state index contributed by atoms with van der Waals surface area (Å²) in [5.41, 5.74) is 0.372. The summed E-state index contributed by atoms with van der Waals surface area (Å²) in [7, 11) is -2.15. The van der Waals surface area contributed by atoms with Crippen molar-refractivity contribution in [1.29, 1.82) is 0 Å². The molecule has 0 spiro atoms. The van der Waals surface area contributed by atoms with E-state index in [2.05, 4.69) is 9.71 Å².